The number of aliphatic hydroxyl groups excluding tert-OH is 1. The quantitative estimate of drug-likeness (QED) is 0.816. The monoisotopic (exact) mass is 270 g/mol. The Bertz CT molecular complexity index is 573. The van der Waals surface area contributed by atoms with E-state index in [2.05, 4.69) is 0 Å². The van der Waals surface area contributed by atoms with Crippen molar-refractivity contribution in [2.45, 2.75) is 19.8 Å². The van der Waals surface area contributed by atoms with Gasteiger partial charge in [-0.15, -0.1) is 0 Å². The second-order valence-corrected chi connectivity index (χ2v) is 4.52. The SMILES string of the molecule is CCC(=O)c1cccc(Oc2ccc(CCO)cc2)c1. The van der Waals surface area contributed by atoms with Crippen LogP contribution < -0.4 is 4.74 Å². The van der Waals surface area contributed by atoms with Crippen molar-refractivity contribution in [3.8, 4) is 11.5 Å². The van der Waals surface area contributed by atoms with E-state index in [0.717, 1.165) is 5.56 Å². The largest absolute Gasteiger partial charge is 0.457 e. The van der Waals surface area contributed by atoms with Crippen molar-refractivity contribution in [3.63, 3.8) is 0 Å². The molecule has 3 heteroatoms. The number of hydrogen-bond acceptors (Lipinski definition) is 3. The van der Waals surface area contributed by atoms with Gasteiger partial charge in [-0.05, 0) is 36.2 Å². The summed E-state index contributed by atoms with van der Waals surface area (Å²) in [6.07, 6.45) is 1.13. The van der Waals surface area contributed by atoms with Crippen LogP contribution in [0.15, 0.2) is 48.5 Å². The minimum Gasteiger partial charge on any atom is -0.457 e. The Balaban J connectivity index is 2.11. The molecule has 0 bridgehead atoms. The number of benzene rings is 2. The molecular formula is C17H18O3. The molecule has 0 radical (unpaired) electrons. The van der Waals surface area contributed by atoms with Crippen molar-refractivity contribution in [2.75, 3.05) is 6.61 Å². The highest BCUT2D eigenvalue weighted by molar-refractivity contribution is 5.96. The Morgan fingerprint density at radius 1 is 1.10 bits per heavy atom. The zero-order valence-corrected chi connectivity index (χ0v) is 11.5. The van der Waals surface area contributed by atoms with Crippen LogP contribution in [0.4, 0.5) is 0 Å². The lowest BCUT2D eigenvalue weighted by Gasteiger charge is -2.08. The van der Waals surface area contributed by atoms with E-state index in [4.69, 9.17) is 9.84 Å². The molecule has 0 spiro atoms. The molecule has 0 fully saturated rings. The molecule has 0 amide bonds. The average molecular weight is 270 g/mol. The third-order valence-corrected chi connectivity index (χ3v) is 3.04. The molecule has 0 aliphatic heterocycles. The summed E-state index contributed by atoms with van der Waals surface area (Å²) in [4.78, 5) is 11.7. The minimum atomic E-state index is 0.105. The van der Waals surface area contributed by atoms with Crippen LogP contribution in [-0.4, -0.2) is 17.5 Å². The Hall–Kier alpha value is -2.13. The smallest absolute Gasteiger partial charge is 0.162 e. The number of hydrogen-bond donors (Lipinski definition) is 1. The number of carbonyl (C=O) groups excluding carboxylic acids is 1. The van der Waals surface area contributed by atoms with Crippen LogP contribution >= 0.6 is 0 Å². The second kappa shape index (κ2) is 6.87. The molecule has 0 aromatic heterocycles. The van der Waals surface area contributed by atoms with Gasteiger partial charge in [0.15, 0.2) is 5.78 Å². The van der Waals surface area contributed by atoms with Crippen molar-refractivity contribution in [1.29, 1.82) is 0 Å². The van der Waals surface area contributed by atoms with Gasteiger partial charge in [-0.1, -0.05) is 31.2 Å². The maximum absolute atomic E-state index is 11.7. The van der Waals surface area contributed by atoms with Crippen LogP contribution in [0.5, 0.6) is 11.5 Å². The number of ether oxygens (including phenoxy) is 1. The van der Waals surface area contributed by atoms with Gasteiger partial charge in [0.1, 0.15) is 11.5 Å². The summed E-state index contributed by atoms with van der Waals surface area (Å²) in [5.74, 6) is 1.47. The van der Waals surface area contributed by atoms with Crippen molar-refractivity contribution < 1.29 is 14.6 Å². The zero-order chi connectivity index (χ0) is 14.4. The van der Waals surface area contributed by atoms with Crippen LogP contribution in [0, 0.1) is 0 Å². The Morgan fingerprint density at radius 2 is 1.85 bits per heavy atom. The maximum atomic E-state index is 11.7. The molecule has 0 aliphatic carbocycles. The van der Waals surface area contributed by atoms with Gasteiger partial charge >= 0.3 is 0 Å². The van der Waals surface area contributed by atoms with Crippen molar-refractivity contribution in [3.05, 3.63) is 59.7 Å². The first kappa shape index (κ1) is 14.3. The number of aliphatic hydroxyl groups is 1. The van der Waals surface area contributed by atoms with Gasteiger partial charge in [0, 0.05) is 18.6 Å². The Kier molecular flexibility index (Phi) is 4.91. The summed E-state index contributed by atoms with van der Waals surface area (Å²) in [6, 6.07) is 14.8. The lowest BCUT2D eigenvalue weighted by molar-refractivity contribution is 0.0988. The van der Waals surface area contributed by atoms with E-state index in [1.807, 2.05) is 43.3 Å². The van der Waals surface area contributed by atoms with E-state index < -0.39 is 0 Å². The van der Waals surface area contributed by atoms with Crippen LogP contribution in [0.3, 0.4) is 0 Å². The van der Waals surface area contributed by atoms with E-state index in [1.165, 1.54) is 0 Å². The summed E-state index contributed by atoms with van der Waals surface area (Å²) in [5, 5.41) is 8.87. The van der Waals surface area contributed by atoms with Gasteiger partial charge < -0.3 is 9.84 Å². The number of ketones is 1. The molecule has 1 N–H and O–H groups in total. The predicted octanol–water partition coefficient (Wildman–Crippen LogP) is 3.61. The molecule has 0 saturated carbocycles. The summed E-state index contributed by atoms with van der Waals surface area (Å²) >= 11 is 0. The van der Waals surface area contributed by atoms with Gasteiger partial charge in [-0.3, -0.25) is 4.79 Å². The Morgan fingerprint density at radius 3 is 2.50 bits per heavy atom. The highest BCUT2D eigenvalue weighted by Crippen LogP contribution is 2.23. The summed E-state index contributed by atoms with van der Waals surface area (Å²) in [6.45, 7) is 1.98. The first-order valence-electron chi connectivity index (χ1n) is 6.74. The van der Waals surface area contributed by atoms with Gasteiger partial charge in [-0.2, -0.15) is 0 Å². The van der Waals surface area contributed by atoms with Gasteiger partial charge in [0.25, 0.3) is 0 Å². The molecule has 2 aromatic carbocycles. The summed E-state index contributed by atoms with van der Waals surface area (Å²) < 4.78 is 5.73. The fraction of sp³-hybridized carbons (Fsp3) is 0.235. The third kappa shape index (κ3) is 3.68. The maximum Gasteiger partial charge on any atom is 0.162 e. The standard InChI is InChI=1S/C17H18O3/c1-2-17(19)14-4-3-5-16(12-14)20-15-8-6-13(7-9-15)10-11-18/h3-9,12,18H,2,10-11H2,1H3. The second-order valence-electron chi connectivity index (χ2n) is 4.52. The average Bonchev–Trinajstić information content (AvgIpc) is 2.49. The minimum absolute atomic E-state index is 0.105. The van der Waals surface area contributed by atoms with Crippen LogP contribution in [0.1, 0.15) is 29.3 Å². The van der Waals surface area contributed by atoms with E-state index in [0.29, 0.717) is 29.9 Å². The van der Waals surface area contributed by atoms with Crippen molar-refractivity contribution >= 4 is 5.78 Å². The van der Waals surface area contributed by atoms with Crippen LogP contribution in [0.2, 0.25) is 0 Å². The number of carbonyl (C=O) groups is 1. The highest BCUT2D eigenvalue weighted by atomic mass is 16.5. The molecule has 0 atom stereocenters. The molecule has 0 heterocycles. The molecule has 2 aromatic rings. The first-order valence-corrected chi connectivity index (χ1v) is 6.74. The normalized spacial score (nSPS) is 10.3. The van der Waals surface area contributed by atoms with E-state index in [9.17, 15) is 4.79 Å². The summed E-state index contributed by atoms with van der Waals surface area (Å²) in [7, 11) is 0. The predicted molar refractivity (Wildman–Crippen MR) is 78.4 cm³/mol. The van der Waals surface area contributed by atoms with Crippen LogP contribution in [-0.2, 0) is 6.42 Å². The molecule has 104 valence electrons. The number of Topliss-reactive ketones (excluding diaryl/α,β-unsaturated/α-hetero) is 1. The molecule has 0 saturated heterocycles. The topological polar surface area (TPSA) is 46.5 Å². The molecule has 0 aliphatic rings. The molecule has 2 rings (SSSR count). The van der Waals surface area contributed by atoms with Gasteiger partial charge in [0.2, 0.25) is 0 Å². The Labute approximate surface area is 118 Å². The van der Waals surface area contributed by atoms with Crippen molar-refractivity contribution in [2.24, 2.45) is 0 Å². The van der Waals surface area contributed by atoms with Crippen LogP contribution in [0.25, 0.3) is 0 Å². The zero-order valence-electron chi connectivity index (χ0n) is 11.5. The van der Waals surface area contributed by atoms with E-state index in [1.54, 1.807) is 12.1 Å². The van der Waals surface area contributed by atoms with E-state index in [-0.39, 0.29) is 12.4 Å². The van der Waals surface area contributed by atoms with Gasteiger partial charge in [0.05, 0.1) is 0 Å². The molecule has 0 unspecified atom stereocenters. The lowest BCUT2D eigenvalue weighted by atomic mass is 10.1. The first-order chi connectivity index (χ1) is 9.72. The lowest BCUT2D eigenvalue weighted by Crippen LogP contribution is -1.96. The summed E-state index contributed by atoms with van der Waals surface area (Å²) in [5.41, 5.74) is 1.73. The highest BCUT2D eigenvalue weighted by Gasteiger charge is 2.05. The van der Waals surface area contributed by atoms with Crippen molar-refractivity contribution in [1.82, 2.24) is 0 Å². The third-order valence-electron chi connectivity index (χ3n) is 3.04. The molecular weight excluding hydrogens is 252 g/mol. The fourth-order valence-corrected chi connectivity index (χ4v) is 1.93. The van der Waals surface area contributed by atoms with Gasteiger partial charge in [-0.25, -0.2) is 0 Å². The molecule has 3 nitrogen and oxygen atoms in total. The fourth-order valence-electron chi connectivity index (χ4n) is 1.93. The molecule has 20 heavy (non-hydrogen) atoms. The van der Waals surface area contributed by atoms with E-state index >= 15 is 0 Å². The number of rotatable bonds is 6.